The van der Waals surface area contributed by atoms with E-state index in [0.29, 0.717) is 31.4 Å². The van der Waals surface area contributed by atoms with Crippen LogP contribution in [0, 0.1) is 10.1 Å². The van der Waals surface area contributed by atoms with Crippen LogP contribution in [0.3, 0.4) is 0 Å². The van der Waals surface area contributed by atoms with Gasteiger partial charge < -0.3 is 5.32 Å². The van der Waals surface area contributed by atoms with Gasteiger partial charge in [0, 0.05) is 22.2 Å². The number of rotatable bonds is 3. The number of nitro groups is 1. The van der Waals surface area contributed by atoms with E-state index < -0.39 is 4.92 Å². The maximum absolute atomic E-state index is 12.1. The van der Waals surface area contributed by atoms with Crippen molar-refractivity contribution in [2.45, 2.75) is 0 Å². The molecule has 6 nitrogen and oxygen atoms in total. The van der Waals surface area contributed by atoms with Gasteiger partial charge in [0.2, 0.25) is 0 Å². The van der Waals surface area contributed by atoms with Gasteiger partial charge in [-0.1, -0.05) is 40.9 Å². The molecule has 1 aliphatic heterocycles. The molecule has 1 saturated heterocycles. The van der Waals surface area contributed by atoms with Crippen molar-refractivity contribution in [1.82, 2.24) is 5.32 Å². The lowest BCUT2D eigenvalue weighted by molar-refractivity contribution is -0.384. The number of amides is 1. The van der Waals surface area contributed by atoms with Crippen molar-refractivity contribution in [1.29, 1.82) is 0 Å². The predicted octanol–water partition coefficient (Wildman–Crippen LogP) is 5.45. The molecule has 1 heterocycles. The van der Waals surface area contributed by atoms with E-state index in [9.17, 15) is 14.9 Å². The Morgan fingerprint density at radius 3 is 2.54 bits per heavy atom. The van der Waals surface area contributed by atoms with Crippen molar-refractivity contribution >= 4 is 75.1 Å². The monoisotopic (exact) mass is 427 g/mol. The van der Waals surface area contributed by atoms with Crippen LogP contribution in [-0.2, 0) is 4.79 Å². The summed E-state index contributed by atoms with van der Waals surface area (Å²) in [5.74, 6) is -0.335. The van der Waals surface area contributed by atoms with Crippen LogP contribution in [0.5, 0.6) is 0 Å². The lowest BCUT2D eigenvalue weighted by Crippen LogP contribution is -2.19. The van der Waals surface area contributed by atoms with Crippen LogP contribution >= 0.6 is 46.6 Å². The van der Waals surface area contributed by atoms with E-state index in [2.05, 4.69) is 10.3 Å². The van der Waals surface area contributed by atoms with Gasteiger partial charge in [-0.05, 0) is 41.6 Å². The number of amidine groups is 1. The summed E-state index contributed by atoms with van der Waals surface area (Å²) in [4.78, 5) is 26.9. The number of hydrogen-bond acceptors (Lipinski definition) is 5. The Balaban J connectivity index is 1.86. The van der Waals surface area contributed by atoms with Crippen LogP contribution < -0.4 is 5.32 Å². The first-order valence-electron chi connectivity index (χ1n) is 7.02. The quantitative estimate of drug-likeness (QED) is 0.400. The largest absolute Gasteiger partial charge is 0.300 e. The maximum Gasteiger partial charge on any atom is 0.271 e. The van der Waals surface area contributed by atoms with Crippen LogP contribution in [0.4, 0.5) is 11.4 Å². The Hall–Kier alpha value is -2.06. The second-order valence-electron chi connectivity index (χ2n) is 5.04. The molecule has 1 fully saturated rings. The standard InChI is InChI=1S/C16H8Cl3N3O3S/c17-9-2-1-8(11(18)6-9)5-14-15(23)21-16(26-14)20-13-4-3-10(22(24)25)7-12(13)19/h1-7H,(H,20,21,23)/b14-5+. The summed E-state index contributed by atoms with van der Waals surface area (Å²) in [6.45, 7) is 0. The van der Waals surface area contributed by atoms with Crippen LogP contribution in [-0.4, -0.2) is 16.0 Å². The van der Waals surface area contributed by atoms with Gasteiger partial charge in [0.25, 0.3) is 11.6 Å². The van der Waals surface area contributed by atoms with Gasteiger partial charge in [-0.3, -0.25) is 14.9 Å². The number of halogens is 3. The molecule has 2 aromatic carbocycles. The highest BCUT2D eigenvalue weighted by molar-refractivity contribution is 8.18. The number of nitrogens with zero attached hydrogens (tertiary/aromatic N) is 2. The lowest BCUT2D eigenvalue weighted by atomic mass is 10.2. The van der Waals surface area contributed by atoms with E-state index in [-0.39, 0.29) is 16.6 Å². The van der Waals surface area contributed by atoms with Crippen molar-refractivity contribution < 1.29 is 9.72 Å². The number of carbonyl (C=O) groups is 1. The molecule has 132 valence electrons. The molecule has 0 aromatic heterocycles. The van der Waals surface area contributed by atoms with Crippen LogP contribution in [0.25, 0.3) is 6.08 Å². The molecule has 0 bridgehead atoms. The van der Waals surface area contributed by atoms with Gasteiger partial charge in [-0.25, -0.2) is 4.99 Å². The summed E-state index contributed by atoms with van der Waals surface area (Å²) >= 11 is 19.1. The van der Waals surface area contributed by atoms with Gasteiger partial charge in [0.15, 0.2) is 5.17 Å². The molecule has 0 radical (unpaired) electrons. The van der Waals surface area contributed by atoms with E-state index >= 15 is 0 Å². The molecule has 10 heteroatoms. The predicted molar refractivity (Wildman–Crippen MR) is 105 cm³/mol. The molecule has 0 saturated carbocycles. The van der Waals surface area contributed by atoms with Crippen LogP contribution in [0.15, 0.2) is 46.3 Å². The molecular weight excluding hydrogens is 421 g/mol. The smallest absolute Gasteiger partial charge is 0.271 e. The van der Waals surface area contributed by atoms with E-state index in [1.807, 2.05) is 0 Å². The minimum absolute atomic E-state index is 0.111. The lowest BCUT2D eigenvalue weighted by Gasteiger charge is -2.00. The molecule has 0 aliphatic carbocycles. The number of non-ortho nitro benzene ring substituents is 1. The molecule has 1 aliphatic rings. The van der Waals surface area contributed by atoms with Crippen molar-refractivity contribution in [3.05, 3.63) is 72.0 Å². The fraction of sp³-hybridized carbons (Fsp3) is 0. The first-order chi connectivity index (χ1) is 12.3. The average Bonchev–Trinajstić information content (AvgIpc) is 2.91. The summed E-state index contributed by atoms with van der Waals surface area (Å²) < 4.78 is 0. The summed E-state index contributed by atoms with van der Waals surface area (Å²) in [6, 6.07) is 8.86. The van der Waals surface area contributed by atoms with Gasteiger partial charge in [0.05, 0.1) is 20.5 Å². The number of nitrogens with one attached hydrogen (secondary N) is 1. The zero-order chi connectivity index (χ0) is 18.8. The highest BCUT2D eigenvalue weighted by Crippen LogP contribution is 2.33. The highest BCUT2D eigenvalue weighted by Gasteiger charge is 2.24. The number of hydrogen-bond donors (Lipinski definition) is 1. The van der Waals surface area contributed by atoms with Crippen LogP contribution in [0.2, 0.25) is 15.1 Å². The fourth-order valence-electron chi connectivity index (χ4n) is 2.05. The molecule has 1 N–H and O–H groups in total. The molecule has 2 aromatic rings. The van der Waals surface area contributed by atoms with Crippen molar-refractivity contribution in [3.8, 4) is 0 Å². The molecular formula is C16H8Cl3N3O3S. The third kappa shape index (κ3) is 4.19. The van der Waals surface area contributed by atoms with Crippen molar-refractivity contribution in [2.75, 3.05) is 0 Å². The first-order valence-corrected chi connectivity index (χ1v) is 8.97. The Labute approximate surface area is 167 Å². The summed E-state index contributed by atoms with van der Waals surface area (Å²) in [6.07, 6.45) is 1.62. The molecule has 26 heavy (non-hydrogen) atoms. The first kappa shape index (κ1) is 18.7. The number of benzene rings is 2. The van der Waals surface area contributed by atoms with Crippen molar-refractivity contribution in [2.24, 2.45) is 4.99 Å². The van der Waals surface area contributed by atoms with Gasteiger partial charge in [-0.2, -0.15) is 0 Å². The van der Waals surface area contributed by atoms with E-state index in [0.717, 1.165) is 11.8 Å². The minimum Gasteiger partial charge on any atom is -0.300 e. The zero-order valence-electron chi connectivity index (χ0n) is 12.7. The van der Waals surface area contributed by atoms with E-state index in [1.54, 1.807) is 24.3 Å². The number of nitro benzene ring substituents is 1. The SMILES string of the molecule is O=C1NC(=Nc2ccc([N+](=O)[O-])cc2Cl)S/C1=C/c1ccc(Cl)cc1Cl. The Bertz CT molecular complexity index is 992. The van der Waals surface area contributed by atoms with E-state index in [1.165, 1.54) is 18.2 Å². The fourth-order valence-corrected chi connectivity index (χ4v) is 3.56. The maximum atomic E-state index is 12.1. The van der Waals surface area contributed by atoms with Gasteiger partial charge in [0.1, 0.15) is 0 Å². The molecule has 0 unspecified atom stereocenters. The van der Waals surface area contributed by atoms with Crippen LogP contribution in [0.1, 0.15) is 5.56 Å². The Kier molecular flexibility index (Phi) is 5.52. The third-order valence-electron chi connectivity index (χ3n) is 3.26. The van der Waals surface area contributed by atoms with Gasteiger partial charge >= 0.3 is 0 Å². The summed E-state index contributed by atoms with van der Waals surface area (Å²) in [5.41, 5.74) is 0.814. The normalized spacial score (nSPS) is 17.0. The second kappa shape index (κ2) is 7.67. The van der Waals surface area contributed by atoms with E-state index in [4.69, 9.17) is 34.8 Å². The Morgan fingerprint density at radius 1 is 1.12 bits per heavy atom. The summed E-state index contributed by atoms with van der Waals surface area (Å²) in [5, 5.41) is 14.7. The second-order valence-corrected chi connectivity index (χ2v) is 7.32. The molecule has 0 atom stereocenters. The molecule has 3 rings (SSSR count). The third-order valence-corrected chi connectivity index (χ3v) is 5.04. The Morgan fingerprint density at radius 2 is 1.88 bits per heavy atom. The number of carbonyl (C=O) groups excluding carboxylic acids is 1. The number of aliphatic imine (C=N–C) groups is 1. The molecule has 1 amide bonds. The van der Waals surface area contributed by atoms with Gasteiger partial charge in [-0.15, -0.1) is 0 Å². The summed E-state index contributed by atoms with van der Waals surface area (Å²) in [7, 11) is 0. The number of thioether (sulfide) groups is 1. The zero-order valence-corrected chi connectivity index (χ0v) is 15.8. The average molecular weight is 429 g/mol. The highest BCUT2D eigenvalue weighted by atomic mass is 35.5. The topological polar surface area (TPSA) is 84.6 Å². The minimum atomic E-state index is -0.550. The van der Waals surface area contributed by atoms with Crippen molar-refractivity contribution in [3.63, 3.8) is 0 Å². The molecule has 0 spiro atoms.